The van der Waals surface area contributed by atoms with Gasteiger partial charge >= 0.3 is 0 Å². The van der Waals surface area contributed by atoms with E-state index in [1.165, 1.54) is 18.2 Å². The Morgan fingerprint density at radius 2 is 2.14 bits per heavy atom. The van der Waals surface area contributed by atoms with Gasteiger partial charge in [0.15, 0.2) is 5.82 Å². The lowest BCUT2D eigenvalue weighted by Crippen LogP contribution is -2.30. The Morgan fingerprint density at radius 3 is 2.90 bits per heavy atom. The molecule has 0 aliphatic carbocycles. The number of fused-ring (bicyclic) bond motifs is 1. The number of nitrogens with zero attached hydrogens (tertiary/aromatic N) is 3. The summed E-state index contributed by atoms with van der Waals surface area (Å²) < 4.78 is 18.9. The second-order valence-corrected chi connectivity index (χ2v) is 4.71. The SMILES string of the molecule is CCCc1nc(CN2C(=O)C(=O)c3cccc(F)c32)no1. The number of amides is 1. The summed E-state index contributed by atoms with van der Waals surface area (Å²) in [6, 6.07) is 4.03. The lowest BCUT2D eigenvalue weighted by atomic mass is 10.1. The number of aromatic nitrogens is 2. The van der Waals surface area contributed by atoms with Crippen LogP contribution in [0.5, 0.6) is 0 Å². The summed E-state index contributed by atoms with van der Waals surface area (Å²) in [5, 5.41) is 3.75. The van der Waals surface area contributed by atoms with E-state index in [1.54, 1.807) is 0 Å². The molecule has 7 heteroatoms. The van der Waals surface area contributed by atoms with Crippen LogP contribution < -0.4 is 4.90 Å². The van der Waals surface area contributed by atoms with E-state index in [2.05, 4.69) is 10.1 Å². The number of hydrogen-bond donors (Lipinski definition) is 0. The third-order valence-electron chi connectivity index (χ3n) is 3.21. The van der Waals surface area contributed by atoms with Crippen molar-refractivity contribution in [3.05, 3.63) is 41.3 Å². The van der Waals surface area contributed by atoms with Crippen molar-refractivity contribution in [1.82, 2.24) is 10.1 Å². The van der Waals surface area contributed by atoms with Gasteiger partial charge in [-0.3, -0.25) is 14.5 Å². The Hall–Kier alpha value is -2.57. The first-order chi connectivity index (χ1) is 10.1. The lowest BCUT2D eigenvalue weighted by Gasteiger charge is -2.14. The van der Waals surface area contributed by atoms with Gasteiger partial charge in [-0.05, 0) is 18.6 Å². The number of anilines is 1. The Morgan fingerprint density at radius 1 is 1.33 bits per heavy atom. The molecule has 0 saturated heterocycles. The Kier molecular flexibility index (Phi) is 3.25. The maximum Gasteiger partial charge on any atom is 0.299 e. The number of rotatable bonds is 4. The van der Waals surface area contributed by atoms with Crippen molar-refractivity contribution < 1.29 is 18.5 Å². The maximum atomic E-state index is 13.9. The molecule has 0 bridgehead atoms. The van der Waals surface area contributed by atoms with Crippen molar-refractivity contribution in [2.75, 3.05) is 4.90 Å². The molecule has 1 aromatic carbocycles. The van der Waals surface area contributed by atoms with Crippen LogP contribution in [0.1, 0.15) is 35.4 Å². The molecule has 2 aromatic rings. The van der Waals surface area contributed by atoms with Crippen LogP contribution in [0.25, 0.3) is 0 Å². The summed E-state index contributed by atoms with van der Waals surface area (Å²) in [4.78, 5) is 29.0. The molecule has 0 unspecified atom stereocenters. The molecule has 0 atom stereocenters. The van der Waals surface area contributed by atoms with E-state index in [0.29, 0.717) is 12.3 Å². The van der Waals surface area contributed by atoms with Crippen LogP contribution in [0, 0.1) is 5.82 Å². The van der Waals surface area contributed by atoms with Crippen LogP contribution in [0.3, 0.4) is 0 Å². The van der Waals surface area contributed by atoms with Crippen LogP contribution in [0.2, 0.25) is 0 Å². The third kappa shape index (κ3) is 2.20. The molecule has 1 aliphatic heterocycles. The van der Waals surface area contributed by atoms with E-state index in [9.17, 15) is 14.0 Å². The fourth-order valence-electron chi connectivity index (χ4n) is 2.27. The van der Waals surface area contributed by atoms with Crippen LogP contribution in [-0.4, -0.2) is 21.8 Å². The topological polar surface area (TPSA) is 76.3 Å². The highest BCUT2D eigenvalue weighted by atomic mass is 19.1. The molecule has 21 heavy (non-hydrogen) atoms. The van der Waals surface area contributed by atoms with Gasteiger partial charge in [0.25, 0.3) is 11.7 Å². The second-order valence-electron chi connectivity index (χ2n) is 4.71. The van der Waals surface area contributed by atoms with Crippen molar-refractivity contribution in [1.29, 1.82) is 0 Å². The summed E-state index contributed by atoms with van der Waals surface area (Å²) in [6.45, 7) is 1.88. The van der Waals surface area contributed by atoms with E-state index in [-0.39, 0.29) is 23.6 Å². The molecule has 0 radical (unpaired) electrons. The molecule has 1 aromatic heterocycles. The van der Waals surface area contributed by atoms with E-state index >= 15 is 0 Å². The molecule has 0 fully saturated rings. The molecule has 3 rings (SSSR count). The molecule has 0 spiro atoms. The first kappa shape index (κ1) is 13.4. The van der Waals surface area contributed by atoms with Crippen LogP contribution >= 0.6 is 0 Å². The van der Waals surface area contributed by atoms with Crippen molar-refractivity contribution in [3.63, 3.8) is 0 Å². The summed E-state index contributed by atoms with van der Waals surface area (Å²) in [5.41, 5.74) is 0.0478. The molecule has 2 heterocycles. The first-order valence-corrected chi connectivity index (χ1v) is 6.58. The minimum Gasteiger partial charge on any atom is -0.339 e. The van der Waals surface area contributed by atoms with Gasteiger partial charge in [-0.25, -0.2) is 4.39 Å². The Labute approximate surface area is 119 Å². The highest BCUT2D eigenvalue weighted by Gasteiger charge is 2.38. The summed E-state index contributed by atoms with van der Waals surface area (Å²) in [5.74, 6) is -1.42. The molecular weight excluding hydrogens is 277 g/mol. The molecule has 0 saturated carbocycles. The van der Waals surface area contributed by atoms with Gasteiger partial charge < -0.3 is 4.52 Å². The molecule has 0 N–H and O–H groups in total. The number of carbonyl (C=O) groups is 2. The van der Waals surface area contributed by atoms with Crippen molar-refractivity contribution in [2.45, 2.75) is 26.3 Å². The zero-order valence-corrected chi connectivity index (χ0v) is 11.3. The van der Waals surface area contributed by atoms with Crippen LogP contribution in [0.4, 0.5) is 10.1 Å². The summed E-state index contributed by atoms with van der Waals surface area (Å²) >= 11 is 0. The minimum atomic E-state index is -0.781. The number of Topliss-reactive ketones (excluding diaryl/α,β-unsaturated/α-hetero) is 1. The monoisotopic (exact) mass is 289 g/mol. The van der Waals surface area contributed by atoms with E-state index < -0.39 is 17.5 Å². The van der Waals surface area contributed by atoms with E-state index in [4.69, 9.17) is 4.52 Å². The van der Waals surface area contributed by atoms with Crippen molar-refractivity contribution in [3.8, 4) is 0 Å². The molecule has 108 valence electrons. The van der Waals surface area contributed by atoms with Gasteiger partial charge in [-0.15, -0.1) is 0 Å². The number of hydrogen-bond acceptors (Lipinski definition) is 5. The lowest BCUT2D eigenvalue weighted by molar-refractivity contribution is -0.114. The van der Waals surface area contributed by atoms with Crippen LogP contribution in [-0.2, 0) is 17.8 Å². The normalized spacial score (nSPS) is 13.9. The Balaban J connectivity index is 1.92. The molecule has 1 amide bonds. The standard InChI is InChI=1S/C14H12FN3O3/c1-2-4-11-16-10(17-21-11)7-18-12-8(13(19)14(18)20)5-3-6-9(12)15/h3,5-6H,2,4,7H2,1H3. The number of halogens is 1. The van der Waals surface area contributed by atoms with Gasteiger partial charge in [0.05, 0.1) is 17.8 Å². The van der Waals surface area contributed by atoms with Crippen molar-refractivity contribution >= 4 is 17.4 Å². The number of benzene rings is 1. The van der Waals surface area contributed by atoms with E-state index in [0.717, 1.165) is 11.3 Å². The largest absolute Gasteiger partial charge is 0.339 e. The third-order valence-corrected chi connectivity index (χ3v) is 3.21. The predicted molar refractivity (Wildman–Crippen MR) is 70.2 cm³/mol. The second kappa shape index (κ2) is 5.08. The first-order valence-electron chi connectivity index (χ1n) is 6.58. The van der Waals surface area contributed by atoms with Gasteiger partial charge in [0, 0.05) is 6.42 Å². The van der Waals surface area contributed by atoms with Gasteiger partial charge in [0.1, 0.15) is 5.82 Å². The van der Waals surface area contributed by atoms with Crippen molar-refractivity contribution in [2.24, 2.45) is 0 Å². The number of para-hydroxylation sites is 1. The number of carbonyl (C=O) groups excluding carboxylic acids is 2. The maximum absolute atomic E-state index is 13.9. The average molecular weight is 289 g/mol. The molecule has 1 aliphatic rings. The predicted octanol–water partition coefficient (Wildman–Crippen LogP) is 1.89. The number of ketones is 1. The zero-order chi connectivity index (χ0) is 15.0. The fourth-order valence-corrected chi connectivity index (χ4v) is 2.27. The Bertz CT molecular complexity index is 726. The average Bonchev–Trinajstić information content (AvgIpc) is 3.00. The fraction of sp³-hybridized carbons (Fsp3) is 0.286. The molecule has 6 nitrogen and oxygen atoms in total. The van der Waals surface area contributed by atoms with Gasteiger partial charge in [-0.2, -0.15) is 4.98 Å². The zero-order valence-electron chi connectivity index (χ0n) is 11.3. The van der Waals surface area contributed by atoms with Crippen LogP contribution in [0.15, 0.2) is 22.7 Å². The van der Waals surface area contributed by atoms with E-state index in [1.807, 2.05) is 6.92 Å². The highest BCUT2D eigenvalue weighted by Crippen LogP contribution is 2.32. The molecular formula is C14H12FN3O3. The van der Waals surface area contributed by atoms with Gasteiger partial charge in [0.2, 0.25) is 5.89 Å². The van der Waals surface area contributed by atoms with Gasteiger partial charge in [-0.1, -0.05) is 18.1 Å². The highest BCUT2D eigenvalue weighted by molar-refractivity contribution is 6.52. The summed E-state index contributed by atoms with van der Waals surface area (Å²) in [7, 11) is 0. The minimum absolute atomic E-state index is 0.0191. The summed E-state index contributed by atoms with van der Waals surface area (Å²) in [6.07, 6.45) is 1.48. The number of aryl methyl sites for hydroxylation is 1. The quantitative estimate of drug-likeness (QED) is 0.803. The smallest absolute Gasteiger partial charge is 0.299 e.